The quantitative estimate of drug-likeness (QED) is 0.572. The van der Waals surface area contributed by atoms with Crippen LogP contribution in [-0.2, 0) is 10.0 Å². The maximum atomic E-state index is 12.1. The van der Waals surface area contributed by atoms with Crippen molar-refractivity contribution in [3.63, 3.8) is 0 Å². The molecule has 0 saturated heterocycles. The SMILES string of the molecule is CC1(NS(=O)(=O)c2cnc(NN)c(Cl)c2)CCC1. The van der Waals surface area contributed by atoms with Crippen LogP contribution in [0.3, 0.4) is 0 Å². The maximum Gasteiger partial charge on any atom is 0.242 e. The number of nitrogen functional groups attached to an aromatic ring is 1. The maximum absolute atomic E-state index is 12.1. The molecular formula is C10H15ClN4O2S. The molecule has 1 saturated carbocycles. The van der Waals surface area contributed by atoms with Crippen LogP contribution >= 0.6 is 11.6 Å². The summed E-state index contributed by atoms with van der Waals surface area (Å²) in [5.41, 5.74) is 1.94. The van der Waals surface area contributed by atoms with Crippen LogP contribution in [0.25, 0.3) is 0 Å². The molecule has 0 atom stereocenters. The molecule has 100 valence electrons. The van der Waals surface area contributed by atoms with Gasteiger partial charge in [0.1, 0.15) is 4.90 Å². The minimum Gasteiger partial charge on any atom is -0.307 e. The van der Waals surface area contributed by atoms with Crippen molar-refractivity contribution in [2.24, 2.45) is 5.84 Å². The number of nitrogens with one attached hydrogen (secondary N) is 2. The number of rotatable bonds is 4. The topological polar surface area (TPSA) is 97.1 Å². The van der Waals surface area contributed by atoms with Gasteiger partial charge in [-0.1, -0.05) is 11.6 Å². The summed E-state index contributed by atoms with van der Waals surface area (Å²) >= 11 is 5.86. The van der Waals surface area contributed by atoms with Crippen LogP contribution in [0.2, 0.25) is 5.02 Å². The predicted octanol–water partition coefficient (Wildman–Crippen LogP) is 1.24. The van der Waals surface area contributed by atoms with Gasteiger partial charge in [-0.25, -0.2) is 24.0 Å². The summed E-state index contributed by atoms with van der Waals surface area (Å²) in [7, 11) is -3.59. The van der Waals surface area contributed by atoms with E-state index in [0.717, 1.165) is 19.3 Å². The van der Waals surface area contributed by atoms with Crippen LogP contribution in [0.15, 0.2) is 17.2 Å². The Morgan fingerprint density at radius 3 is 2.61 bits per heavy atom. The van der Waals surface area contributed by atoms with E-state index in [1.807, 2.05) is 6.92 Å². The van der Waals surface area contributed by atoms with Gasteiger partial charge in [0.05, 0.1) is 5.02 Å². The third-order valence-corrected chi connectivity index (χ3v) is 4.99. The fraction of sp³-hybridized carbons (Fsp3) is 0.500. The van der Waals surface area contributed by atoms with Crippen molar-refractivity contribution in [3.8, 4) is 0 Å². The largest absolute Gasteiger partial charge is 0.307 e. The van der Waals surface area contributed by atoms with Gasteiger partial charge in [0, 0.05) is 11.7 Å². The highest BCUT2D eigenvalue weighted by atomic mass is 35.5. The number of sulfonamides is 1. The Balaban J connectivity index is 2.27. The van der Waals surface area contributed by atoms with Crippen LogP contribution in [0, 0.1) is 0 Å². The van der Waals surface area contributed by atoms with Gasteiger partial charge in [-0.05, 0) is 32.3 Å². The first-order chi connectivity index (χ1) is 8.36. The van der Waals surface area contributed by atoms with Crippen molar-refractivity contribution in [1.82, 2.24) is 9.71 Å². The molecular weight excluding hydrogens is 276 g/mol. The highest BCUT2D eigenvalue weighted by Gasteiger charge is 2.36. The Bertz CT molecular complexity index is 557. The Morgan fingerprint density at radius 1 is 1.50 bits per heavy atom. The first kappa shape index (κ1) is 13.5. The molecule has 0 spiro atoms. The molecule has 1 heterocycles. The lowest BCUT2D eigenvalue weighted by atomic mass is 9.80. The number of anilines is 1. The Hall–Kier alpha value is -0.890. The van der Waals surface area contributed by atoms with Crippen LogP contribution < -0.4 is 16.0 Å². The fourth-order valence-electron chi connectivity index (χ4n) is 1.87. The van der Waals surface area contributed by atoms with Gasteiger partial charge in [-0.15, -0.1) is 0 Å². The van der Waals surface area contributed by atoms with Crippen LogP contribution in [0.5, 0.6) is 0 Å². The van der Waals surface area contributed by atoms with E-state index in [2.05, 4.69) is 15.1 Å². The molecule has 0 bridgehead atoms. The molecule has 1 aliphatic rings. The normalized spacial score (nSPS) is 18.2. The van der Waals surface area contributed by atoms with E-state index in [1.54, 1.807) is 0 Å². The second-order valence-electron chi connectivity index (χ2n) is 4.67. The highest BCUT2D eigenvalue weighted by Crippen LogP contribution is 2.33. The molecule has 6 nitrogen and oxygen atoms in total. The zero-order valence-corrected chi connectivity index (χ0v) is 11.5. The molecule has 1 fully saturated rings. The van der Waals surface area contributed by atoms with Crippen molar-refractivity contribution in [3.05, 3.63) is 17.3 Å². The Labute approximate surface area is 111 Å². The number of hydrogen-bond acceptors (Lipinski definition) is 5. The number of halogens is 1. The number of nitrogens with two attached hydrogens (primary N) is 1. The number of hydrogen-bond donors (Lipinski definition) is 3. The van der Waals surface area contributed by atoms with Crippen LogP contribution in [0.4, 0.5) is 5.82 Å². The second kappa shape index (κ2) is 4.65. The monoisotopic (exact) mass is 290 g/mol. The number of nitrogens with zero attached hydrogens (tertiary/aromatic N) is 1. The second-order valence-corrected chi connectivity index (χ2v) is 6.76. The zero-order chi connectivity index (χ0) is 13.4. The van der Waals surface area contributed by atoms with E-state index in [-0.39, 0.29) is 21.3 Å². The van der Waals surface area contributed by atoms with Gasteiger partial charge < -0.3 is 5.43 Å². The van der Waals surface area contributed by atoms with Gasteiger partial charge in [0.2, 0.25) is 10.0 Å². The number of aromatic nitrogens is 1. The van der Waals surface area contributed by atoms with E-state index in [9.17, 15) is 8.42 Å². The van der Waals surface area contributed by atoms with E-state index < -0.39 is 10.0 Å². The van der Waals surface area contributed by atoms with Gasteiger partial charge >= 0.3 is 0 Å². The first-order valence-corrected chi connectivity index (χ1v) is 7.39. The van der Waals surface area contributed by atoms with E-state index in [0.29, 0.717) is 0 Å². The summed E-state index contributed by atoms with van der Waals surface area (Å²) in [4.78, 5) is 3.89. The predicted molar refractivity (Wildman–Crippen MR) is 69.6 cm³/mol. The third kappa shape index (κ3) is 2.59. The summed E-state index contributed by atoms with van der Waals surface area (Å²) in [6.45, 7) is 1.89. The lowest BCUT2D eigenvalue weighted by Crippen LogP contribution is -2.50. The standard InChI is InChI=1S/C10H15ClN4O2S/c1-10(3-2-4-10)15-18(16,17)7-5-8(11)9(14-12)13-6-7/h5-6,15H,2-4,12H2,1H3,(H,13,14). The van der Waals surface area contributed by atoms with E-state index >= 15 is 0 Å². The van der Waals surface area contributed by atoms with Gasteiger partial charge in [-0.3, -0.25) is 0 Å². The van der Waals surface area contributed by atoms with Crippen molar-refractivity contribution >= 4 is 27.4 Å². The van der Waals surface area contributed by atoms with Gasteiger partial charge in [0.25, 0.3) is 0 Å². The molecule has 0 aromatic carbocycles. The number of hydrazine groups is 1. The summed E-state index contributed by atoms with van der Waals surface area (Å²) in [5.74, 6) is 5.42. The van der Waals surface area contributed by atoms with Gasteiger partial charge in [-0.2, -0.15) is 0 Å². The van der Waals surface area contributed by atoms with Crippen molar-refractivity contribution in [1.29, 1.82) is 0 Å². The average Bonchev–Trinajstić information content (AvgIpc) is 2.26. The average molecular weight is 291 g/mol. The lowest BCUT2D eigenvalue weighted by Gasteiger charge is -2.38. The van der Waals surface area contributed by atoms with Crippen LogP contribution in [0.1, 0.15) is 26.2 Å². The molecule has 0 aliphatic heterocycles. The summed E-state index contributed by atoms with van der Waals surface area (Å²) in [6.07, 6.45) is 3.95. The molecule has 0 amide bonds. The van der Waals surface area contributed by atoms with Crippen molar-refractivity contribution in [2.45, 2.75) is 36.6 Å². The Kier molecular flexibility index (Phi) is 3.50. The molecule has 8 heteroatoms. The summed E-state index contributed by atoms with van der Waals surface area (Å²) < 4.78 is 26.9. The van der Waals surface area contributed by atoms with Crippen molar-refractivity contribution in [2.75, 3.05) is 5.43 Å². The van der Waals surface area contributed by atoms with E-state index in [1.165, 1.54) is 12.3 Å². The lowest BCUT2D eigenvalue weighted by molar-refractivity contribution is 0.248. The van der Waals surface area contributed by atoms with Crippen molar-refractivity contribution < 1.29 is 8.42 Å². The molecule has 1 aromatic heterocycles. The molecule has 2 rings (SSSR count). The van der Waals surface area contributed by atoms with Crippen LogP contribution in [-0.4, -0.2) is 18.9 Å². The molecule has 18 heavy (non-hydrogen) atoms. The Morgan fingerprint density at radius 2 is 2.17 bits per heavy atom. The zero-order valence-electron chi connectivity index (χ0n) is 9.90. The first-order valence-electron chi connectivity index (χ1n) is 5.52. The minimum absolute atomic E-state index is 0.0413. The fourth-order valence-corrected chi connectivity index (χ4v) is 3.59. The number of pyridine rings is 1. The summed E-state index contributed by atoms with van der Waals surface area (Å²) in [6, 6.07) is 1.33. The van der Waals surface area contributed by atoms with Gasteiger partial charge in [0.15, 0.2) is 5.82 Å². The molecule has 0 unspecified atom stereocenters. The van der Waals surface area contributed by atoms with E-state index in [4.69, 9.17) is 17.4 Å². The highest BCUT2D eigenvalue weighted by molar-refractivity contribution is 7.89. The molecule has 0 radical (unpaired) electrons. The smallest absolute Gasteiger partial charge is 0.242 e. The minimum atomic E-state index is -3.59. The third-order valence-electron chi connectivity index (χ3n) is 3.10. The molecule has 1 aromatic rings. The summed E-state index contributed by atoms with van der Waals surface area (Å²) in [5, 5.41) is 0.166. The molecule has 4 N–H and O–H groups in total. The molecule has 1 aliphatic carbocycles.